The summed E-state index contributed by atoms with van der Waals surface area (Å²) in [5.74, 6) is -0.150. The number of carbonyl (C=O) groups is 1. The number of amides is 1. The second-order valence-corrected chi connectivity index (χ2v) is 21.5. The third-order valence-corrected chi connectivity index (χ3v) is 14.4. The first-order valence-corrected chi connectivity index (χ1v) is 31.6. The van der Waals surface area contributed by atoms with Gasteiger partial charge in [-0.15, -0.1) is 0 Å². The van der Waals surface area contributed by atoms with Gasteiger partial charge in [0.1, 0.15) is 24.4 Å². The van der Waals surface area contributed by atoms with Gasteiger partial charge in [0.25, 0.3) is 0 Å². The number of aliphatic hydroxyl groups excluding tert-OH is 5. The van der Waals surface area contributed by atoms with Crippen LogP contribution in [0.3, 0.4) is 0 Å². The second-order valence-electron chi connectivity index (χ2n) is 21.5. The molecule has 0 aromatic heterocycles. The monoisotopic (exact) mass is 1080 g/mol. The van der Waals surface area contributed by atoms with Gasteiger partial charge in [-0.3, -0.25) is 4.79 Å². The predicted octanol–water partition coefficient (Wildman–Crippen LogP) is 16.5. The molecule has 77 heavy (non-hydrogen) atoms. The van der Waals surface area contributed by atoms with Gasteiger partial charge < -0.3 is 40.3 Å². The highest BCUT2D eigenvalue weighted by Crippen LogP contribution is 2.23. The average Bonchev–Trinajstić information content (AvgIpc) is 3.43. The van der Waals surface area contributed by atoms with E-state index in [1.165, 1.54) is 128 Å². The first kappa shape index (κ1) is 71.9. The van der Waals surface area contributed by atoms with E-state index in [1.807, 2.05) is 0 Å². The number of hydrogen-bond donors (Lipinski definition) is 6. The highest BCUT2D eigenvalue weighted by atomic mass is 16.7. The molecule has 1 rings (SSSR count). The van der Waals surface area contributed by atoms with Crippen LogP contribution in [0.15, 0.2) is 109 Å². The van der Waals surface area contributed by atoms with E-state index in [0.29, 0.717) is 12.8 Å². The summed E-state index contributed by atoms with van der Waals surface area (Å²) in [5.41, 5.74) is 0. The standard InChI is InChI=1S/C68H117NO8/c1-3-5-7-9-11-13-15-17-19-20-21-22-23-24-25-26-27-28-29-30-31-32-33-34-35-36-37-38-39-40-41-42-44-46-48-50-52-54-56-58-64(72)69-61(60-76-68-67(75)66(74)65(73)63(59-70)77-68)62(71)57-55-53-51-49-47-45-43-18-16-14-12-10-8-6-4-2/h5,7,11,13,17,19,21-22,24-25,27-28,30-31,33-34,36-37,61-63,65-68,70-71,73-75H,3-4,6,8-10,12,14-16,18,20,23,26,29,32,35,38-60H2,1-2H3,(H,69,72)/b7-5-,13-11-,19-17-,22-21-,25-24-,28-27-,31-30-,34-33-,37-36-. The van der Waals surface area contributed by atoms with Crippen LogP contribution in [-0.2, 0) is 14.3 Å². The smallest absolute Gasteiger partial charge is 0.220 e. The highest BCUT2D eigenvalue weighted by Gasteiger charge is 2.44. The molecule has 0 spiro atoms. The Kier molecular flexibility index (Phi) is 52.4. The molecule has 7 atom stereocenters. The van der Waals surface area contributed by atoms with Gasteiger partial charge in [-0.05, 0) is 83.5 Å². The number of ether oxygens (including phenoxy) is 2. The van der Waals surface area contributed by atoms with Crippen LogP contribution in [0.1, 0.15) is 258 Å². The Morgan fingerprint density at radius 3 is 1.19 bits per heavy atom. The zero-order valence-corrected chi connectivity index (χ0v) is 49.2. The molecule has 0 saturated carbocycles. The molecule has 1 amide bonds. The minimum atomic E-state index is -1.56. The largest absolute Gasteiger partial charge is 0.394 e. The van der Waals surface area contributed by atoms with Gasteiger partial charge in [0.05, 0.1) is 25.4 Å². The molecule has 1 aliphatic heterocycles. The molecule has 0 radical (unpaired) electrons. The average molecular weight is 1080 g/mol. The fraction of sp³-hybridized carbons (Fsp3) is 0.721. The van der Waals surface area contributed by atoms with E-state index in [2.05, 4.69) is 129 Å². The van der Waals surface area contributed by atoms with Crippen LogP contribution in [0, 0.1) is 0 Å². The number of unbranched alkanes of at least 4 members (excludes halogenated alkanes) is 25. The zero-order chi connectivity index (χ0) is 55.8. The highest BCUT2D eigenvalue weighted by molar-refractivity contribution is 5.76. The molecule has 9 nitrogen and oxygen atoms in total. The first-order chi connectivity index (χ1) is 37.8. The van der Waals surface area contributed by atoms with Crippen molar-refractivity contribution < 1.29 is 39.8 Å². The Balaban J connectivity index is 2.12. The van der Waals surface area contributed by atoms with Crippen molar-refractivity contribution in [3.8, 4) is 0 Å². The Morgan fingerprint density at radius 1 is 0.455 bits per heavy atom. The summed E-state index contributed by atoms with van der Waals surface area (Å²) in [6, 6.07) is -0.727. The van der Waals surface area contributed by atoms with Crippen molar-refractivity contribution >= 4 is 5.91 Å². The van der Waals surface area contributed by atoms with Crippen LogP contribution in [0.25, 0.3) is 0 Å². The van der Waals surface area contributed by atoms with Gasteiger partial charge >= 0.3 is 0 Å². The Morgan fingerprint density at radius 2 is 0.805 bits per heavy atom. The summed E-state index contributed by atoms with van der Waals surface area (Å²) >= 11 is 0. The minimum Gasteiger partial charge on any atom is -0.394 e. The number of nitrogens with one attached hydrogen (secondary N) is 1. The molecular weight excluding hydrogens is 959 g/mol. The summed E-state index contributed by atoms with van der Waals surface area (Å²) in [5, 5.41) is 54.7. The summed E-state index contributed by atoms with van der Waals surface area (Å²) in [6.07, 6.45) is 75.5. The van der Waals surface area contributed by atoms with Gasteiger partial charge in [-0.1, -0.05) is 277 Å². The fourth-order valence-corrected chi connectivity index (χ4v) is 9.45. The van der Waals surface area contributed by atoms with Crippen molar-refractivity contribution in [1.29, 1.82) is 0 Å². The van der Waals surface area contributed by atoms with Crippen LogP contribution in [-0.4, -0.2) is 87.5 Å². The molecule has 1 saturated heterocycles. The molecule has 1 heterocycles. The molecule has 0 aliphatic carbocycles. The van der Waals surface area contributed by atoms with Crippen LogP contribution in [0.5, 0.6) is 0 Å². The van der Waals surface area contributed by atoms with Crippen molar-refractivity contribution in [3.63, 3.8) is 0 Å². The lowest BCUT2D eigenvalue weighted by Gasteiger charge is -2.40. The van der Waals surface area contributed by atoms with E-state index in [1.54, 1.807) is 0 Å². The summed E-state index contributed by atoms with van der Waals surface area (Å²) in [6.45, 7) is 3.73. The Hall–Kier alpha value is -3.15. The van der Waals surface area contributed by atoms with E-state index in [9.17, 15) is 30.3 Å². The van der Waals surface area contributed by atoms with Crippen molar-refractivity contribution in [3.05, 3.63) is 109 Å². The minimum absolute atomic E-state index is 0.143. The maximum Gasteiger partial charge on any atom is 0.220 e. The Labute approximate surface area is 472 Å². The van der Waals surface area contributed by atoms with E-state index in [4.69, 9.17) is 9.47 Å². The molecule has 442 valence electrons. The van der Waals surface area contributed by atoms with Crippen LogP contribution in [0.2, 0.25) is 0 Å². The molecule has 1 fully saturated rings. The van der Waals surface area contributed by atoms with Crippen molar-refractivity contribution in [2.75, 3.05) is 13.2 Å². The quantitative estimate of drug-likeness (QED) is 0.0261. The van der Waals surface area contributed by atoms with E-state index in [-0.39, 0.29) is 12.5 Å². The number of rotatable bonds is 53. The van der Waals surface area contributed by atoms with E-state index >= 15 is 0 Å². The van der Waals surface area contributed by atoms with Crippen LogP contribution >= 0.6 is 0 Å². The molecule has 9 heteroatoms. The molecule has 7 unspecified atom stereocenters. The van der Waals surface area contributed by atoms with Gasteiger partial charge in [0.2, 0.25) is 5.91 Å². The SMILES string of the molecule is CC/C=C\C/C=C\C/C=C\C/C=C\C/C=C\C/C=C\C/C=C\C/C=C\C/C=C\CCCCCCCCCCCCCC(=O)NC(COC1OC(CO)C(O)C(O)C1O)C(O)CCCCCCCCCCCCCCCCC. The predicted molar refractivity (Wildman–Crippen MR) is 327 cm³/mol. The Bertz CT molecular complexity index is 1580. The molecule has 0 aromatic rings. The number of hydrogen-bond acceptors (Lipinski definition) is 8. The summed E-state index contributed by atoms with van der Waals surface area (Å²) in [7, 11) is 0. The van der Waals surface area contributed by atoms with Gasteiger partial charge in [-0.2, -0.15) is 0 Å². The fourth-order valence-electron chi connectivity index (χ4n) is 9.45. The number of aliphatic hydroxyl groups is 5. The molecular formula is C68H117NO8. The van der Waals surface area contributed by atoms with E-state index < -0.39 is 49.5 Å². The lowest BCUT2D eigenvalue weighted by molar-refractivity contribution is -0.302. The number of allylic oxidation sites excluding steroid dienone is 18. The molecule has 6 N–H and O–H groups in total. The zero-order valence-electron chi connectivity index (χ0n) is 49.2. The molecule has 0 aromatic carbocycles. The summed E-state index contributed by atoms with van der Waals surface area (Å²) in [4.78, 5) is 13.1. The third-order valence-electron chi connectivity index (χ3n) is 14.4. The van der Waals surface area contributed by atoms with Crippen molar-refractivity contribution in [1.82, 2.24) is 5.32 Å². The van der Waals surface area contributed by atoms with Crippen molar-refractivity contribution in [2.45, 2.75) is 301 Å². The van der Waals surface area contributed by atoms with Crippen LogP contribution < -0.4 is 5.32 Å². The number of carbonyl (C=O) groups excluding carboxylic acids is 1. The van der Waals surface area contributed by atoms with Gasteiger partial charge in [-0.25, -0.2) is 0 Å². The van der Waals surface area contributed by atoms with Crippen LogP contribution in [0.4, 0.5) is 0 Å². The maximum absolute atomic E-state index is 13.1. The molecule has 0 bridgehead atoms. The summed E-state index contributed by atoms with van der Waals surface area (Å²) < 4.78 is 11.3. The maximum atomic E-state index is 13.1. The lowest BCUT2D eigenvalue weighted by Crippen LogP contribution is -2.60. The lowest BCUT2D eigenvalue weighted by atomic mass is 9.99. The third kappa shape index (κ3) is 45.3. The van der Waals surface area contributed by atoms with Gasteiger partial charge in [0.15, 0.2) is 6.29 Å². The normalized spacial score (nSPS) is 19.5. The van der Waals surface area contributed by atoms with Crippen molar-refractivity contribution in [2.24, 2.45) is 0 Å². The topological polar surface area (TPSA) is 149 Å². The van der Waals surface area contributed by atoms with E-state index in [0.717, 1.165) is 103 Å². The molecule has 1 aliphatic rings. The van der Waals surface area contributed by atoms with Gasteiger partial charge in [0, 0.05) is 6.42 Å². The first-order valence-electron chi connectivity index (χ1n) is 31.6. The second kappa shape index (κ2) is 56.1.